The Hall–Kier alpha value is -2.35. The molecule has 1 aromatic carbocycles. The molecule has 0 atom stereocenters. The Bertz CT molecular complexity index is 1020. The zero-order valence-electron chi connectivity index (χ0n) is 17.5. The number of benzene rings is 1. The average molecular weight is 471 g/mol. The van der Waals surface area contributed by atoms with Gasteiger partial charge >= 0.3 is 0 Å². The van der Waals surface area contributed by atoms with Gasteiger partial charge in [0.2, 0.25) is 11.9 Å². The van der Waals surface area contributed by atoms with Gasteiger partial charge in [0.1, 0.15) is 0 Å². The van der Waals surface area contributed by atoms with Crippen molar-refractivity contribution in [1.82, 2.24) is 14.5 Å². The maximum absolute atomic E-state index is 13.5. The SMILES string of the molecule is CCN1C(=O)c2c(nc(NC3CCCC3)n2Cc2ccc(C)c(Br)c2)N2CCN=C12. The number of imidazole rings is 1. The Morgan fingerprint density at radius 2 is 2.07 bits per heavy atom. The quantitative estimate of drug-likeness (QED) is 0.716. The van der Waals surface area contributed by atoms with Gasteiger partial charge in [-0.3, -0.25) is 24.2 Å². The molecular weight excluding hydrogens is 444 g/mol. The van der Waals surface area contributed by atoms with E-state index in [0.29, 0.717) is 31.4 Å². The standard InChI is InChI=1S/C22H27BrN6O/c1-3-27-20(30)18-19(28-11-10-24-22(27)28)26-21(25-16-6-4-5-7-16)29(18)13-15-9-8-14(2)17(23)12-15/h8-9,12,16H,3-7,10-11,13H2,1-2H3,(H,25,26). The summed E-state index contributed by atoms with van der Waals surface area (Å²) in [5.41, 5.74) is 3.00. The third-order valence-corrected chi connectivity index (χ3v) is 7.15. The first kappa shape index (κ1) is 19.6. The normalized spacial score (nSPS) is 18.6. The van der Waals surface area contributed by atoms with Gasteiger partial charge in [0.25, 0.3) is 5.91 Å². The molecular formula is C22H27BrN6O. The molecule has 1 aliphatic carbocycles. The summed E-state index contributed by atoms with van der Waals surface area (Å²) < 4.78 is 3.15. The second-order valence-electron chi connectivity index (χ2n) is 8.29. The van der Waals surface area contributed by atoms with Crippen LogP contribution in [0.1, 0.15) is 54.2 Å². The van der Waals surface area contributed by atoms with Crippen LogP contribution in [0.4, 0.5) is 11.8 Å². The smallest absolute Gasteiger partial charge is 0.281 e. The van der Waals surface area contributed by atoms with Gasteiger partial charge in [-0.25, -0.2) is 0 Å². The van der Waals surface area contributed by atoms with E-state index in [1.54, 1.807) is 4.90 Å². The van der Waals surface area contributed by atoms with Gasteiger partial charge < -0.3 is 5.32 Å². The van der Waals surface area contributed by atoms with Crippen LogP contribution in [0.5, 0.6) is 0 Å². The number of nitrogens with zero attached hydrogens (tertiary/aromatic N) is 5. The fourth-order valence-corrected chi connectivity index (χ4v) is 5.07. The maximum atomic E-state index is 13.5. The number of aryl methyl sites for hydroxylation is 1. The lowest BCUT2D eigenvalue weighted by Gasteiger charge is -2.32. The summed E-state index contributed by atoms with van der Waals surface area (Å²) in [7, 11) is 0. The number of carbonyl (C=O) groups is 1. The minimum Gasteiger partial charge on any atom is -0.353 e. The maximum Gasteiger partial charge on any atom is 0.281 e. The molecule has 1 N–H and O–H groups in total. The summed E-state index contributed by atoms with van der Waals surface area (Å²) in [6.07, 6.45) is 4.79. The summed E-state index contributed by atoms with van der Waals surface area (Å²) in [6.45, 7) is 6.73. The molecule has 1 amide bonds. The van der Waals surface area contributed by atoms with Crippen LogP contribution in [0.15, 0.2) is 27.7 Å². The number of nitrogens with one attached hydrogen (secondary N) is 1. The highest BCUT2D eigenvalue weighted by Crippen LogP contribution is 2.34. The number of halogens is 1. The van der Waals surface area contributed by atoms with Crippen molar-refractivity contribution in [2.45, 2.75) is 52.1 Å². The Balaban J connectivity index is 1.60. The van der Waals surface area contributed by atoms with E-state index >= 15 is 0 Å². The molecule has 1 saturated carbocycles. The van der Waals surface area contributed by atoms with E-state index in [-0.39, 0.29) is 5.91 Å². The van der Waals surface area contributed by atoms with Crippen LogP contribution in [-0.2, 0) is 6.54 Å². The molecule has 5 rings (SSSR count). The van der Waals surface area contributed by atoms with Crippen molar-refractivity contribution < 1.29 is 4.79 Å². The molecule has 1 aromatic heterocycles. The summed E-state index contributed by atoms with van der Waals surface area (Å²) in [5, 5.41) is 3.65. The molecule has 3 aliphatic rings. The van der Waals surface area contributed by atoms with Crippen LogP contribution in [0.25, 0.3) is 0 Å². The molecule has 0 bridgehead atoms. The highest BCUT2D eigenvalue weighted by Gasteiger charge is 2.41. The zero-order valence-corrected chi connectivity index (χ0v) is 19.1. The summed E-state index contributed by atoms with van der Waals surface area (Å²) in [4.78, 5) is 26.9. The molecule has 30 heavy (non-hydrogen) atoms. The van der Waals surface area contributed by atoms with Crippen LogP contribution >= 0.6 is 15.9 Å². The van der Waals surface area contributed by atoms with E-state index in [0.717, 1.165) is 47.1 Å². The Morgan fingerprint density at radius 1 is 1.27 bits per heavy atom. The van der Waals surface area contributed by atoms with Crippen molar-refractivity contribution in [3.8, 4) is 0 Å². The summed E-state index contributed by atoms with van der Waals surface area (Å²) >= 11 is 3.64. The van der Waals surface area contributed by atoms with Crippen LogP contribution in [-0.4, -0.2) is 52.0 Å². The predicted octanol–water partition coefficient (Wildman–Crippen LogP) is 4.01. The topological polar surface area (TPSA) is 65.8 Å². The molecule has 0 radical (unpaired) electrons. The Kier molecular flexibility index (Phi) is 5.05. The lowest BCUT2D eigenvalue weighted by Crippen LogP contribution is -2.50. The first-order valence-corrected chi connectivity index (χ1v) is 11.6. The van der Waals surface area contributed by atoms with Crippen molar-refractivity contribution in [3.63, 3.8) is 0 Å². The van der Waals surface area contributed by atoms with E-state index in [4.69, 9.17) is 4.98 Å². The van der Waals surface area contributed by atoms with Gasteiger partial charge in [0.15, 0.2) is 11.5 Å². The molecule has 0 saturated heterocycles. The summed E-state index contributed by atoms with van der Waals surface area (Å²) in [5.74, 6) is 2.27. The number of fused-ring (bicyclic) bond motifs is 3. The number of hydrogen-bond acceptors (Lipinski definition) is 5. The van der Waals surface area contributed by atoms with Crippen molar-refractivity contribution in [3.05, 3.63) is 39.5 Å². The number of carbonyl (C=O) groups excluding carboxylic acids is 1. The number of aliphatic imine (C=N–C) groups is 1. The number of hydrogen-bond donors (Lipinski definition) is 1. The first-order valence-electron chi connectivity index (χ1n) is 10.8. The van der Waals surface area contributed by atoms with Crippen LogP contribution < -0.4 is 10.2 Å². The minimum atomic E-state index is -0.0115. The van der Waals surface area contributed by atoms with E-state index in [1.165, 1.54) is 18.4 Å². The van der Waals surface area contributed by atoms with Gasteiger partial charge in [-0.05, 0) is 43.9 Å². The summed E-state index contributed by atoms with van der Waals surface area (Å²) in [6, 6.07) is 6.79. The lowest BCUT2D eigenvalue weighted by molar-refractivity contribution is 0.0836. The highest BCUT2D eigenvalue weighted by molar-refractivity contribution is 9.10. The van der Waals surface area contributed by atoms with Crippen LogP contribution in [0.2, 0.25) is 0 Å². The zero-order chi connectivity index (χ0) is 20.8. The van der Waals surface area contributed by atoms with Crippen molar-refractivity contribution in [2.24, 2.45) is 4.99 Å². The second kappa shape index (κ2) is 7.72. The fraction of sp³-hybridized carbons (Fsp3) is 0.500. The van der Waals surface area contributed by atoms with E-state index in [9.17, 15) is 4.79 Å². The molecule has 2 aliphatic heterocycles. The van der Waals surface area contributed by atoms with Gasteiger partial charge in [0, 0.05) is 23.6 Å². The van der Waals surface area contributed by atoms with Crippen LogP contribution in [0, 0.1) is 6.92 Å². The van der Waals surface area contributed by atoms with Gasteiger partial charge in [-0.15, -0.1) is 0 Å². The molecule has 8 heteroatoms. The third kappa shape index (κ3) is 3.21. The number of aromatic nitrogens is 2. The Morgan fingerprint density at radius 3 is 2.80 bits per heavy atom. The average Bonchev–Trinajstić information content (AvgIpc) is 3.46. The molecule has 7 nitrogen and oxygen atoms in total. The molecule has 0 unspecified atom stereocenters. The monoisotopic (exact) mass is 470 g/mol. The first-order chi connectivity index (χ1) is 14.6. The Labute approximate surface area is 185 Å². The predicted molar refractivity (Wildman–Crippen MR) is 122 cm³/mol. The molecule has 2 aromatic rings. The van der Waals surface area contributed by atoms with E-state index < -0.39 is 0 Å². The number of anilines is 2. The van der Waals surface area contributed by atoms with Crippen molar-refractivity contribution in [1.29, 1.82) is 0 Å². The third-order valence-electron chi connectivity index (χ3n) is 6.29. The minimum absolute atomic E-state index is 0.0115. The number of rotatable bonds is 5. The number of amides is 1. The second-order valence-corrected chi connectivity index (χ2v) is 9.14. The van der Waals surface area contributed by atoms with Crippen LogP contribution in [0.3, 0.4) is 0 Å². The van der Waals surface area contributed by atoms with Crippen molar-refractivity contribution >= 4 is 39.6 Å². The molecule has 1 fully saturated rings. The van der Waals surface area contributed by atoms with Gasteiger partial charge in [0.05, 0.1) is 13.1 Å². The number of guanidine groups is 1. The lowest BCUT2D eigenvalue weighted by atomic mass is 10.1. The molecule has 0 spiro atoms. The highest BCUT2D eigenvalue weighted by atomic mass is 79.9. The van der Waals surface area contributed by atoms with E-state index in [1.807, 2.05) is 6.92 Å². The van der Waals surface area contributed by atoms with Crippen molar-refractivity contribution in [2.75, 3.05) is 29.9 Å². The molecule has 3 heterocycles. The largest absolute Gasteiger partial charge is 0.353 e. The van der Waals surface area contributed by atoms with Gasteiger partial charge in [-0.2, -0.15) is 4.98 Å². The fourth-order valence-electron chi connectivity index (χ4n) is 4.64. The molecule has 158 valence electrons. The van der Waals surface area contributed by atoms with Gasteiger partial charge in [-0.1, -0.05) is 40.9 Å². The van der Waals surface area contributed by atoms with E-state index in [2.05, 4.69) is 60.8 Å².